The molecule has 0 fully saturated rings. The monoisotopic (exact) mass is 245 g/mol. The molecule has 0 aliphatic carbocycles. The van der Waals surface area contributed by atoms with E-state index in [1.165, 1.54) is 0 Å². The number of pyridine rings is 1. The predicted octanol–water partition coefficient (Wildman–Crippen LogP) is 2.17. The second-order valence-corrected chi connectivity index (χ2v) is 4.02. The molecule has 2 rings (SSSR count). The molecule has 4 heteroatoms. The average molecular weight is 245 g/mol. The van der Waals surface area contributed by atoms with Crippen LogP contribution in [0, 0.1) is 6.92 Å². The third-order valence-corrected chi connectivity index (χ3v) is 2.50. The summed E-state index contributed by atoms with van der Waals surface area (Å²) < 4.78 is 5.60. The Kier molecular flexibility index (Phi) is 3.92. The number of aliphatic hydroxyl groups is 2. The van der Waals surface area contributed by atoms with E-state index < -0.39 is 0 Å². The summed E-state index contributed by atoms with van der Waals surface area (Å²) >= 11 is 0. The Morgan fingerprint density at radius 3 is 2.28 bits per heavy atom. The van der Waals surface area contributed by atoms with Crippen molar-refractivity contribution < 1.29 is 14.9 Å². The molecule has 1 heterocycles. The number of nitrogens with zero attached hydrogens (tertiary/aromatic N) is 1. The molecule has 0 radical (unpaired) electrons. The zero-order chi connectivity index (χ0) is 13.0. The van der Waals surface area contributed by atoms with Gasteiger partial charge in [-0.3, -0.25) is 0 Å². The molecule has 2 aromatic rings. The minimum atomic E-state index is -0.0385. The summed E-state index contributed by atoms with van der Waals surface area (Å²) in [5.41, 5.74) is 2.39. The quantitative estimate of drug-likeness (QED) is 0.866. The number of ether oxygens (including phenoxy) is 1. The van der Waals surface area contributed by atoms with Gasteiger partial charge in [0.2, 0.25) is 5.88 Å². The maximum absolute atomic E-state index is 9.11. The molecule has 1 aromatic heterocycles. The van der Waals surface area contributed by atoms with Gasteiger partial charge in [0, 0.05) is 11.8 Å². The molecule has 0 amide bonds. The van der Waals surface area contributed by atoms with Crippen molar-refractivity contribution in [1.82, 2.24) is 4.98 Å². The van der Waals surface area contributed by atoms with Gasteiger partial charge >= 0.3 is 0 Å². The molecular weight excluding hydrogens is 230 g/mol. The summed E-state index contributed by atoms with van der Waals surface area (Å²) in [6.45, 7) is 1.82. The molecule has 18 heavy (non-hydrogen) atoms. The van der Waals surface area contributed by atoms with E-state index in [0.717, 1.165) is 16.8 Å². The van der Waals surface area contributed by atoms with Crippen molar-refractivity contribution in [2.45, 2.75) is 20.1 Å². The van der Waals surface area contributed by atoms with Gasteiger partial charge in [0.1, 0.15) is 5.75 Å². The van der Waals surface area contributed by atoms with Gasteiger partial charge < -0.3 is 14.9 Å². The summed E-state index contributed by atoms with van der Waals surface area (Å²) in [6, 6.07) is 10.6. The third kappa shape index (κ3) is 3.06. The van der Waals surface area contributed by atoms with Crippen molar-refractivity contribution in [1.29, 1.82) is 0 Å². The number of aliphatic hydroxyl groups excluding tert-OH is 2. The lowest BCUT2D eigenvalue weighted by atomic mass is 10.2. The second-order valence-electron chi connectivity index (χ2n) is 4.02. The highest BCUT2D eigenvalue weighted by molar-refractivity contribution is 5.32. The Morgan fingerprint density at radius 2 is 1.67 bits per heavy atom. The fraction of sp³-hybridized carbons (Fsp3) is 0.214. The normalized spacial score (nSPS) is 10.4. The topological polar surface area (TPSA) is 62.6 Å². The van der Waals surface area contributed by atoms with Crippen LogP contribution in [0.2, 0.25) is 0 Å². The maximum Gasteiger partial charge on any atom is 0.219 e. The van der Waals surface area contributed by atoms with Crippen LogP contribution in [0.25, 0.3) is 0 Å². The summed E-state index contributed by atoms with van der Waals surface area (Å²) in [5.74, 6) is 1.10. The van der Waals surface area contributed by atoms with Gasteiger partial charge in [0.05, 0.1) is 13.2 Å². The first-order valence-electron chi connectivity index (χ1n) is 5.67. The standard InChI is InChI=1S/C14H15NO3/c1-10-6-12(9-17)7-14(15-10)18-13-4-2-11(8-16)3-5-13/h2-7,16-17H,8-9H2,1H3. The van der Waals surface area contributed by atoms with Gasteiger partial charge in [-0.25, -0.2) is 4.98 Å². The van der Waals surface area contributed by atoms with E-state index >= 15 is 0 Å². The average Bonchev–Trinajstić information content (AvgIpc) is 2.39. The van der Waals surface area contributed by atoms with E-state index in [1.54, 1.807) is 30.3 Å². The molecule has 0 saturated carbocycles. The van der Waals surface area contributed by atoms with Crippen LogP contribution in [0.1, 0.15) is 16.8 Å². The molecule has 94 valence electrons. The molecule has 0 unspecified atom stereocenters. The molecule has 0 atom stereocenters. The van der Waals surface area contributed by atoms with Crippen LogP contribution in [-0.4, -0.2) is 15.2 Å². The fourth-order valence-electron chi connectivity index (χ4n) is 1.63. The highest BCUT2D eigenvalue weighted by atomic mass is 16.5. The number of hydrogen-bond acceptors (Lipinski definition) is 4. The highest BCUT2D eigenvalue weighted by Crippen LogP contribution is 2.21. The van der Waals surface area contributed by atoms with Gasteiger partial charge in [-0.2, -0.15) is 0 Å². The van der Waals surface area contributed by atoms with Gasteiger partial charge in [-0.15, -0.1) is 0 Å². The van der Waals surface area contributed by atoms with Gasteiger partial charge in [-0.05, 0) is 36.2 Å². The Hall–Kier alpha value is -1.91. The lowest BCUT2D eigenvalue weighted by Gasteiger charge is -2.07. The molecular formula is C14H15NO3. The summed E-state index contributed by atoms with van der Waals surface area (Å²) in [6.07, 6.45) is 0. The molecule has 0 saturated heterocycles. The summed E-state index contributed by atoms with van der Waals surface area (Å²) in [5, 5.41) is 18.1. The molecule has 1 aromatic carbocycles. The van der Waals surface area contributed by atoms with Crippen LogP contribution in [0.3, 0.4) is 0 Å². The molecule has 2 N–H and O–H groups in total. The number of hydrogen-bond donors (Lipinski definition) is 2. The lowest BCUT2D eigenvalue weighted by molar-refractivity contribution is 0.280. The van der Waals surface area contributed by atoms with Crippen molar-refractivity contribution >= 4 is 0 Å². The number of aryl methyl sites for hydroxylation is 1. The molecule has 4 nitrogen and oxygen atoms in total. The van der Waals surface area contributed by atoms with Crippen LogP contribution in [0.4, 0.5) is 0 Å². The predicted molar refractivity (Wildman–Crippen MR) is 67.3 cm³/mol. The summed E-state index contributed by atoms with van der Waals surface area (Å²) in [7, 11) is 0. The van der Waals surface area contributed by atoms with E-state index in [4.69, 9.17) is 14.9 Å². The van der Waals surface area contributed by atoms with Crippen LogP contribution in [0.5, 0.6) is 11.6 Å². The van der Waals surface area contributed by atoms with Gasteiger partial charge in [-0.1, -0.05) is 12.1 Å². The van der Waals surface area contributed by atoms with Crippen LogP contribution >= 0.6 is 0 Å². The molecule has 0 aliphatic rings. The number of aromatic nitrogens is 1. The smallest absolute Gasteiger partial charge is 0.219 e. The fourth-order valence-corrected chi connectivity index (χ4v) is 1.63. The van der Waals surface area contributed by atoms with Gasteiger partial charge in [0.15, 0.2) is 0 Å². The van der Waals surface area contributed by atoms with E-state index in [1.807, 2.05) is 13.0 Å². The lowest BCUT2D eigenvalue weighted by Crippen LogP contribution is -1.94. The Balaban J connectivity index is 2.19. The first kappa shape index (κ1) is 12.5. The number of benzene rings is 1. The van der Waals surface area contributed by atoms with Crippen molar-refractivity contribution in [3.63, 3.8) is 0 Å². The first-order chi connectivity index (χ1) is 8.71. The molecule has 0 aliphatic heterocycles. The first-order valence-corrected chi connectivity index (χ1v) is 5.67. The minimum absolute atomic E-state index is 0.0115. The Morgan fingerprint density at radius 1 is 1.00 bits per heavy atom. The van der Waals surface area contributed by atoms with Crippen molar-refractivity contribution in [2.24, 2.45) is 0 Å². The Bertz CT molecular complexity index is 523. The van der Waals surface area contributed by atoms with Crippen molar-refractivity contribution in [3.8, 4) is 11.6 Å². The zero-order valence-electron chi connectivity index (χ0n) is 10.1. The largest absolute Gasteiger partial charge is 0.439 e. The van der Waals surface area contributed by atoms with E-state index in [2.05, 4.69) is 4.98 Å². The number of rotatable bonds is 4. The maximum atomic E-state index is 9.11. The highest BCUT2D eigenvalue weighted by Gasteiger charge is 2.02. The van der Waals surface area contributed by atoms with Crippen LogP contribution in [-0.2, 0) is 13.2 Å². The SMILES string of the molecule is Cc1cc(CO)cc(Oc2ccc(CO)cc2)n1. The van der Waals surface area contributed by atoms with Crippen molar-refractivity contribution in [2.75, 3.05) is 0 Å². The third-order valence-electron chi connectivity index (χ3n) is 2.50. The second kappa shape index (κ2) is 5.62. The van der Waals surface area contributed by atoms with E-state index in [0.29, 0.717) is 11.6 Å². The summed E-state index contributed by atoms with van der Waals surface area (Å²) in [4.78, 5) is 4.24. The van der Waals surface area contributed by atoms with E-state index in [-0.39, 0.29) is 13.2 Å². The van der Waals surface area contributed by atoms with Crippen LogP contribution < -0.4 is 4.74 Å². The zero-order valence-corrected chi connectivity index (χ0v) is 10.1. The van der Waals surface area contributed by atoms with E-state index in [9.17, 15) is 0 Å². The van der Waals surface area contributed by atoms with Gasteiger partial charge in [0.25, 0.3) is 0 Å². The van der Waals surface area contributed by atoms with Crippen molar-refractivity contribution in [3.05, 3.63) is 53.2 Å². The Labute approximate surface area is 106 Å². The molecule has 0 bridgehead atoms. The minimum Gasteiger partial charge on any atom is -0.439 e. The van der Waals surface area contributed by atoms with Crippen LogP contribution in [0.15, 0.2) is 36.4 Å². The molecule has 0 spiro atoms.